The maximum Gasteiger partial charge on any atom is 0.343 e. The number of hydrogen-bond donors (Lipinski definition) is 0. The van der Waals surface area contributed by atoms with Crippen molar-refractivity contribution in [1.29, 1.82) is 0 Å². The topological polar surface area (TPSA) is 72.9 Å². The van der Waals surface area contributed by atoms with E-state index in [0.717, 1.165) is 22.2 Å². The zero-order valence-corrected chi connectivity index (χ0v) is 19.8. The van der Waals surface area contributed by atoms with Gasteiger partial charge in [-0.3, -0.25) is 14.5 Å². The van der Waals surface area contributed by atoms with Gasteiger partial charge in [0.05, 0.1) is 22.0 Å². The van der Waals surface area contributed by atoms with E-state index in [0.29, 0.717) is 27.6 Å². The molecule has 3 aromatic carbocycles. The molecule has 1 aliphatic heterocycles. The molecule has 0 aromatic heterocycles. The van der Waals surface area contributed by atoms with Gasteiger partial charge >= 0.3 is 5.97 Å². The van der Waals surface area contributed by atoms with Gasteiger partial charge in [-0.15, -0.1) is 0 Å². The molecule has 34 heavy (non-hydrogen) atoms. The molecular formula is C26H20ClNO5S. The molecular weight excluding hydrogens is 474 g/mol. The van der Waals surface area contributed by atoms with E-state index in [1.165, 1.54) is 0 Å². The highest BCUT2D eigenvalue weighted by Gasteiger charge is 2.34. The minimum absolute atomic E-state index is 0.0986. The summed E-state index contributed by atoms with van der Waals surface area (Å²) in [6, 6.07) is 20.8. The number of carbonyl (C=O) groups is 3. The van der Waals surface area contributed by atoms with Crippen LogP contribution in [0.2, 0.25) is 5.02 Å². The molecule has 0 aliphatic carbocycles. The Morgan fingerprint density at radius 2 is 1.79 bits per heavy atom. The van der Waals surface area contributed by atoms with Gasteiger partial charge in [0.2, 0.25) is 0 Å². The molecule has 1 fully saturated rings. The molecule has 1 saturated heterocycles. The van der Waals surface area contributed by atoms with Crippen LogP contribution in [-0.2, 0) is 4.79 Å². The van der Waals surface area contributed by atoms with Crippen LogP contribution < -0.4 is 9.47 Å². The largest absolute Gasteiger partial charge is 0.490 e. The summed E-state index contributed by atoms with van der Waals surface area (Å²) in [4.78, 5) is 38.9. The molecule has 2 amide bonds. The summed E-state index contributed by atoms with van der Waals surface area (Å²) >= 11 is 6.91. The van der Waals surface area contributed by atoms with Gasteiger partial charge in [-0.1, -0.05) is 53.6 Å². The van der Waals surface area contributed by atoms with Gasteiger partial charge in [-0.05, 0) is 66.7 Å². The third-order valence-corrected chi connectivity index (χ3v) is 6.16. The molecule has 0 atom stereocenters. The normalized spacial score (nSPS) is 14.5. The van der Waals surface area contributed by atoms with Crippen molar-refractivity contribution in [2.75, 3.05) is 13.2 Å². The molecule has 0 N–H and O–H groups in total. The molecule has 0 saturated carbocycles. The van der Waals surface area contributed by atoms with Crippen molar-refractivity contribution < 1.29 is 23.9 Å². The Bertz CT molecular complexity index is 1270. The monoisotopic (exact) mass is 493 g/mol. The van der Waals surface area contributed by atoms with Gasteiger partial charge in [0.1, 0.15) is 18.1 Å². The van der Waals surface area contributed by atoms with Crippen molar-refractivity contribution >= 4 is 46.6 Å². The number of imide groups is 1. The van der Waals surface area contributed by atoms with Crippen LogP contribution in [0.15, 0.2) is 77.7 Å². The second-order valence-corrected chi connectivity index (χ2v) is 8.84. The minimum atomic E-state index is -0.476. The fourth-order valence-corrected chi connectivity index (χ4v) is 4.23. The average Bonchev–Trinajstić information content (AvgIpc) is 3.08. The smallest absolute Gasteiger partial charge is 0.343 e. The van der Waals surface area contributed by atoms with Gasteiger partial charge in [-0.25, -0.2) is 4.79 Å². The number of hydrogen-bond acceptors (Lipinski definition) is 6. The van der Waals surface area contributed by atoms with E-state index in [2.05, 4.69) is 0 Å². The standard InChI is InChI=1S/C26H20ClNO5S/c1-17-9-11-19(12-10-17)25(30)33-20-6-4-5-18(15-20)16-23-24(29)28(26(31)34-23)13-14-32-22-8-3-2-7-21(22)27/h2-12,15-16H,13-14H2,1H3/b23-16-. The van der Waals surface area contributed by atoms with E-state index in [9.17, 15) is 14.4 Å². The van der Waals surface area contributed by atoms with Crippen LogP contribution in [-0.4, -0.2) is 35.2 Å². The first-order chi connectivity index (χ1) is 16.4. The lowest BCUT2D eigenvalue weighted by atomic mass is 10.1. The number of nitrogens with zero attached hydrogens (tertiary/aromatic N) is 1. The lowest BCUT2D eigenvalue weighted by Gasteiger charge is -2.13. The van der Waals surface area contributed by atoms with Crippen molar-refractivity contribution in [1.82, 2.24) is 4.90 Å². The lowest BCUT2D eigenvalue weighted by molar-refractivity contribution is -0.123. The quantitative estimate of drug-likeness (QED) is 0.229. The summed E-state index contributed by atoms with van der Waals surface area (Å²) in [5.41, 5.74) is 2.12. The number of thioether (sulfide) groups is 1. The Hall–Kier alpha value is -3.55. The van der Waals surface area contributed by atoms with Crippen LogP contribution in [0.1, 0.15) is 21.5 Å². The van der Waals surface area contributed by atoms with Crippen LogP contribution in [0.3, 0.4) is 0 Å². The molecule has 4 rings (SSSR count). The van der Waals surface area contributed by atoms with E-state index >= 15 is 0 Å². The number of carbonyl (C=O) groups excluding carboxylic acids is 3. The Kier molecular flexibility index (Phi) is 7.35. The third-order valence-electron chi connectivity index (χ3n) is 4.94. The van der Waals surface area contributed by atoms with Crippen LogP contribution in [0.25, 0.3) is 6.08 Å². The summed E-state index contributed by atoms with van der Waals surface area (Å²) in [7, 11) is 0. The Morgan fingerprint density at radius 3 is 2.56 bits per heavy atom. The number of para-hydroxylation sites is 1. The van der Waals surface area contributed by atoms with E-state index in [-0.39, 0.29) is 23.3 Å². The maximum atomic E-state index is 12.8. The van der Waals surface area contributed by atoms with Gasteiger partial charge in [-0.2, -0.15) is 0 Å². The highest BCUT2D eigenvalue weighted by atomic mass is 35.5. The van der Waals surface area contributed by atoms with Crippen molar-refractivity contribution in [2.24, 2.45) is 0 Å². The fraction of sp³-hybridized carbons (Fsp3) is 0.115. The van der Waals surface area contributed by atoms with Crippen molar-refractivity contribution in [3.8, 4) is 11.5 Å². The van der Waals surface area contributed by atoms with E-state index in [1.54, 1.807) is 66.7 Å². The second-order valence-electron chi connectivity index (χ2n) is 7.44. The number of esters is 1. The summed E-state index contributed by atoms with van der Waals surface area (Å²) in [6.45, 7) is 2.16. The molecule has 172 valence electrons. The summed E-state index contributed by atoms with van der Waals surface area (Å²) in [6.07, 6.45) is 1.60. The number of aryl methyl sites for hydroxylation is 1. The number of ether oxygens (including phenoxy) is 2. The first-order valence-corrected chi connectivity index (χ1v) is 11.6. The lowest BCUT2D eigenvalue weighted by Crippen LogP contribution is -2.32. The van der Waals surface area contributed by atoms with E-state index in [4.69, 9.17) is 21.1 Å². The Morgan fingerprint density at radius 1 is 1.03 bits per heavy atom. The molecule has 3 aromatic rings. The van der Waals surface area contributed by atoms with E-state index in [1.807, 2.05) is 19.1 Å². The highest BCUT2D eigenvalue weighted by molar-refractivity contribution is 8.18. The summed E-state index contributed by atoms with van der Waals surface area (Å²) in [5.74, 6) is -0.0498. The van der Waals surface area contributed by atoms with Gasteiger partial charge in [0.25, 0.3) is 11.1 Å². The minimum Gasteiger partial charge on any atom is -0.490 e. The van der Waals surface area contributed by atoms with E-state index < -0.39 is 11.9 Å². The predicted molar refractivity (Wildman–Crippen MR) is 132 cm³/mol. The molecule has 0 unspecified atom stereocenters. The zero-order valence-electron chi connectivity index (χ0n) is 18.2. The maximum absolute atomic E-state index is 12.8. The van der Waals surface area contributed by atoms with Crippen molar-refractivity contribution in [3.05, 3.63) is 99.4 Å². The Balaban J connectivity index is 1.40. The van der Waals surface area contributed by atoms with Crippen LogP contribution in [0.5, 0.6) is 11.5 Å². The van der Waals surface area contributed by atoms with Crippen LogP contribution in [0.4, 0.5) is 4.79 Å². The van der Waals surface area contributed by atoms with Crippen molar-refractivity contribution in [3.63, 3.8) is 0 Å². The number of rotatable bonds is 7. The number of halogens is 1. The van der Waals surface area contributed by atoms with Crippen molar-refractivity contribution in [2.45, 2.75) is 6.92 Å². The molecule has 1 heterocycles. The van der Waals surface area contributed by atoms with Gasteiger partial charge < -0.3 is 9.47 Å². The molecule has 0 radical (unpaired) electrons. The van der Waals surface area contributed by atoms with Crippen LogP contribution in [0, 0.1) is 6.92 Å². The predicted octanol–water partition coefficient (Wildman–Crippen LogP) is 5.98. The first-order valence-electron chi connectivity index (χ1n) is 10.4. The van der Waals surface area contributed by atoms with Crippen LogP contribution >= 0.6 is 23.4 Å². The molecule has 8 heteroatoms. The number of benzene rings is 3. The molecule has 0 bridgehead atoms. The number of amides is 2. The second kappa shape index (κ2) is 10.6. The SMILES string of the molecule is Cc1ccc(C(=O)Oc2cccc(/C=C3\SC(=O)N(CCOc4ccccc4Cl)C3=O)c2)cc1. The summed E-state index contributed by atoms with van der Waals surface area (Å²) < 4.78 is 11.0. The average molecular weight is 494 g/mol. The summed E-state index contributed by atoms with van der Waals surface area (Å²) in [5, 5.41) is 0.0838. The molecule has 1 aliphatic rings. The molecule has 0 spiro atoms. The highest BCUT2D eigenvalue weighted by Crippen LogP contribution is 2.33. The molecule has 6 nitrogen and oxygen atoms in total. The first kappa shape index (κ1) is 23.6. The fourth-order valence-electron chi connectivity index (χ4n) is 3.18. The van der Waals surface area contributed by atoms with Gasteiger partial charge in [0.15, 0.2) is 0 Å². The Labute approximate surface area is 206 Å². The third kappa shape index (κ3) is 5.68. The zero-order chi connectivity index (χ0) is 24.1. The van der Waals surface area contributed by atoms with Gasteiger partial charge in [0, 0.05) is 0 Å².